The Labute approximate surface area is 132 Å². The molecular weight excluding hydrogens is 306 g/mol. The summed E-state index contributed by atoms with van der Waals surface area (Å²) in [5, 5.41) is -0.420. The number of nitrogens with two attached hydrogens (primary N) is 1. The van der Waals surface area contributed by atoms with Crippen LogP contribution in [0.25, 0.3) is 0 Å². The largest absolute Gasteiger partial charge is 0.384 e. The first-order valence-corrected chi connectivity index (χ1v) is 8.22. The predicted molar refractivity (Wildman–Crippen MR) is 86.6 cm³/mol. The molecule has 1 aromatic heterocycles. The van der Waals surface area contributed by atoms with Gasteiger partial charge in [0.1, 0.15) is 11.4 Å². The van der Waals surface area contributed by atoms with Crippen molar-refractivity contribution in [2.24, 2.45) is 14.1 Å². The van der Waals surface area contributed by atoms with E-state index in [-0.39, 0.29) is 23.3 Å². The molecule has 0 aliphatic carbocycles. The van der Waals surface area contributed by atoms with Crippen molar-refractivity contribution in [2.75, 3.05) is 18.1 Å². The number of rotatable bonds is 5. The maximum atomic E-state index is 12.5. The summed E-state index contributed by atoms with van der Waals surface area (Å²) in [5.74, 6) is 0.276. The third-order valence-electron chi connectivity index (χ3n) is 3.88. The summed E-state index contributed by atoms with van der Waals surface area (Å²) in [5.41, 5.74) is 4.50. The number of anilines is 1. The zero-order chi connectivity index (χ0) is 16.4. The van der Waals surface area contributed by atoms with Crippen LogP contribution in [-0.4, -0.2) is 38.6 Å². The number of nitrogen functional groups attached to an aromatic ring is 1. The van der Waals surface area contributed by atoms with E-state index in [0.717, 1.165) is 28.6 Å². The van der Waals surface area contributed by atoms with E-state index < -0.39 is 16.5 Å². The third-order valence-corrected chi connectivity index (χ3v) is 5.16. The van der Waals surface area contributed by atoms with E-state index in [1.165, 1.54) is 25.9 Å². The molecule has 2 heterocycles. The summed E-state index contributed by atoms with van der Waals surface area (Å²) < 4.78 is 7.54. The third kappa shape index (κ3) is 3.12. The van der Waals surface area contributed by atoms with E-state index in [0.29, 0.717) is 5.75 Å². The summed E-state index contributed by atoms with van der Waals surface area (Å²) in [6.45, 7) is 2.51. The standard InChI is InChI=1S/C14H21N3O4S/c1-8(22-7-9-5-4-6-21-9)11(18)10-12(15)16(2)14(20)17(3)13(10)19/h8-9H,4-7,15H2,1-3H3. The van der Waals surface area contributed by atoms with Gasteiger partial charge in [-0.25, -0.2) is 4.79 Å². The molecule has 0 aromatic carbocycles. The second kappa shape index (κ2) is 6.70. The van der Waals surface area contributed by atoms with Gasteiger partial charge in [-0.1, -0.05) is 0 Å². The number of hydrogen-bond acceptors (Lipinski definition) is 6. The Morgan fingerprint density at radius 1 is 1.41 bits per heavy atom. The Balaban J connectivity index is 2.21. The highest BCUT2D eigenvalue weighted by Crippen LogP contribution is 2.22. The van der Waals surface area contributed by atoms with E-state index >= 15 is 0 Å². The normalized spacial score (nSPS) is 19.3. The molecule has 0 spiro atoms. The van der Waals surface area contributed by atoms with Crippen LogP contribution in [0.3, 0.4) is 0 Å². The Morgan fingerprint density at radius 3 is 2.68 bits per heavy atom. The summed E-state index contributed by atoms with van der Waals surface area (Å²) in [4.78, 5) is 36.5. The Hall–Kier alpha value is -1.54. The molecule has 2 N–H and O–H groups in total. The topological polar surface area (TPSA) is 96.3 Å². The number of aromatic nitrogens is 2. The summed E-state index contributed by atoms with van der Waals surface area (Å²) in [6.07, 6.45) is 2.21. The van der Waals surface area contributed by atoms with Gasteiger partial charge in [-0.15, -0.1) is 11.8 Å². The lowest BCUT2D eigenvalue weighted by atomic mass is 10.1. The molecule has 0 radical (unpaired) electrons. The maximum Gasteiger partial charge on any atom is 0.332 e. The smallest absolute Gasteiger partial charge is 0.332 e. The fraction of sp³-hybridized carbons (Fsp3) is 0.643. The van der Waals surface area contributed by atoms with E-state index in [4.69, 9.17) is 10.5 Å². The average Bonchev–Trinajstić information content (AvgIpc) is 3.02. The van der Waals surface area contributed by atoms with Gasteiger partial charge in [0.2, 0.25) is 0 Å². The molecule has 1 aromatic rings. The van der Waals surface area contributed by atoms with Crippen molar-refractivity contribution in [3.8, 4) is 0 Å². The lowest BCUT2D eigenvalue weighted by Gasteiger charge is -2.16. The van der Waals surface area contributed by atoms with Crippen LogP contribution in [-0.2, 0) is 18.8 Å². The fourth-order valence-corrected chi connectivity index (χ4v) is 3.43. The number of hydrogen-bond donors (Lipinski definition) is 1. The number of ketones is 1. The fourth-order valence-electron chi connectivity index (χ4n) is 2.40. The highest BCUT2D eigenvalue weighted by molar-refractivity contribution is 8.00. The van der Waals surface area contributed by atoms with Gasteiger partial charge < -0.3 is 10.5 Å². The van der Waals surface area contributed by atoms with Gasteiger partial charge in [-0.05, 0) is 19.8 Å². The molecule has 2 atom stereocenters. The Morgan fingerprint density at radius 2 is 2.09 bits per heavy atom. The van der Waals surface area contributed by atoms with Crippen molar-refractivity contribution in [3.05, 3.63) is 26.4 Å². The van der Waals surface area contributed by atoms with Crippen LogP contribution in [0.4, 0.5) is 5.82 Å². The van der Waals surface area contributed by atoms with E-state index in [1.807, 2.05) is 0 Å². The lowest BCUT2D eigenvalue weighted by Crippen LogP contribution is -2.42. The van der Waals surface area contributed by atoms with E-state index in [2.05, 4.69) is 0 Å². The van der Waals surface area contributed by atoms with Crippen LogP contribution in [0.5, 0.6) is 0 Å². The van der Waals surface area contributed by atoms with Gasteiger partial charge in [-0.3, -0.25) is 18.7 Å². The number of Topliss-reactive ketones (excluding diaryl/α,β-unsaturated/α-hetero) is 1. The lowest BCUT2D eigenvalue weighted by molar-refractivity contribution is 0.0991. The summed E-state index contributed by atoms with van der Waals surface area (Å²) >= 11 is 1.44. The van der Waals surface area contributed by atoms with E-state index in [9.17, 15) is 14.4 Å². The molecule has 22 heavy (non-hydrogen) atoms. The molecule has 1 aliphatic heterocycles. The number of carbonyl (C=O) groups is 1. The molecule has 1 saturated heterocycles. The molecular formula is C14H21N3O4S. The Kier molecular flexibility index (Phi) is 5.12. The van der Waals surface area contributed by atoms with Gasteiger partial charge in [0.05, 0.1) is 11.4 Å². The van der Waals surface area contributed by atoms with E-state index in [1.54, 1.807) is 6.92 Å². The quantitative estimate of drug-likeness (QED) is 0.773. The van der Waals surface area contributed by atoms with Crippen molar-refractivity contribution < 1.29 is 9.53 Å². The summed E-state index contributed by atoms with van der Waals surface area (Å²) in [7, 11) is 2.78. The predicted octanol–water partition coefficient (Wildman–Crippen LogP) is 0.150. The SMILES string of the molecule is CC(SCC1CCCO1)C(=O)c1c(N)n(C)c(=O)n(C)c1=O. The van der Waals surface area contributed by atoms with Gasteiger partial charge in [-0.2, -0.15) is 0 Å². The second-order valence-electron chi connectivity index (χ2n) is 5.44. The molecule has 122 valence electrons. The van der Waals surface area contributed by atoms with Gasteiger partial charge >= 0.3 is 5.69 Å². The van der Waals surface area contributed by atoms with Crippen LogP contribution in [0.15, 0.2) is 9.59 Å². The second-order valence-corrected chi connectivity index (χ2v) is 6.81. The highest BCUT2D eigenvalue weighted by atomic mass is 32.2. The van der Waals surface area contributed by atoms with Crippen LogP contribution < -0.4 is 17.0 Å². The minimum absolute atomic E-state index is 0.0809. The summed E-state index contributed by atoms with van der Waals surface area (Å²) in [6, 6.07) is 0. The van der Waals surface area contributed by atoms with Crippen LogP contribution in [0.1, 0.15) is 30.1 Å². The minimum Gasteiger partial charge on any atom is -0.384 e. The molecule has 1 fully saturated rings. The average molecular weight is 327 g/mol. The first-order valence-electron chi connectivity index (χ1n) is 7.17. The molecule has 0 saturated carbocycles. The number of nitrogens with zero attached hydrogens (tertiary/aromatic N) is 2. The van der Waals surface area contributed by atoms with Crippen molar-refractivity contribution >= 4 is 23.4 Å². The molecule has 0 amide bonds. The minimum atomic E-state index is -0.643. The van der Waals surface area contributed by atoms with Crippen LogP contribution in [0.2, 0.25) is 0 Å². The molecule has 0 bridgehead atoms. The van der Waals surface area contributed by atoms with Crippen molar-refractivity contribution in [2.45, 2.75) is 31.1 Å². The van der Waals surface area contributed by atoms with Crippen molar-refractivity contribution in [1.82, 2.24) is 9.13 Å². The first kappa shape index (κ1) is 16.8. The number of carbonyl (C=O) groups excluding carboxylic acids is 1. The monoisotopic (exact) mass is 327 g/mol. The van der Waals surface area contributed by atoms with Crippen molar-refractivity contribution in [1.29, 1.82) is 0 Å². The molecule has 7 nitrogen and oxygen atoms in total. The van der Waals surface area contributed by atoms with Crippen LogP contribution >= 0.6 is 11.8 Å². The highest BCUT2D eigenvalue weighted by Gasteiger charge is 2.26. The molecule has 2 rings (SSSR count). The molecule has 8 heteroatoms. The number of thioether (sulfide) groups is 1. The number of ether oxygens (including phenoxy) is 1. The van der Waals surface area contributed by atoms with Crippen LogP contribution in [0, 0.1) is 0 Å². The maximum absolute atomic E-state index is 12.5. The van der Waals surface area contributed by atoms with Gasteiger partial charge in [0.25, 0.3) is 5.56 Å². The molecule has 2 unspecified atom stereocenters. The first-order chi connectivity index (χ1) is 10.3. The Bertz CT molecular complexity index is 689. The van der Waals surface area contributed by atoms with Gasteiger partial charge in [0, 0.05) is 26.5 Å². The molecule has 1 aliphatic rings. The zero-order valence-corrected chi connectivity index (χ0v) is 13.8. The zero-order valence-electron chi connectivity index (χ0n) is 13.0. The van der Waals surface area contributed by atoms with Crippen molar-refractivity contribution in [3.63, 3.8) is 0 Å². The van der Waals surface area contributed by atoms with Gasteiger partial charge in [0.15, 0.2) is 5.78 Å².